The zero-order valence-corrected chi connectivity index (χ0v) is 22.3. The van der Waals surface area contributed by atoms with Gasteiger partial charge in [-0.2, -0.15) is 0 Å². The lowest BCUT2D eigenvalue weighted by molar-refractivity contribution is 0.0833. The van der Waals surface area contributed by atoms with Gasteiger partial charge in [0.2, 0.25) is 0 Å². The molecule has 3 aromatic carbocycles. The second-order valence-electron chi connectivity index (χ2n) is 9.62. The molecule has 0 aliphatic rings. The summed E-state index contributed by atoms with van der Waals surface area (Å²) in [6.07, 6.45) is -0.0237. The number of fused-ring (bicyclic) bond motifs is 2. The van der Waals surface area contributed by atoms with Crippen molar-refractivity contribution >= 4 is 38.4 Å². The first-order valence-electron chi connectivity index (χ1n) is 12.9. The van der Waals surface area contributed by atoms with E-state index in [1.165, 1.54) is 29.0 Å². The summed E-state index contributed by atoms with van der Waals surface area (Å²) < 4.78 is 27.8. The minimum absolute atomic E-state index is 0.0572. The summed E-state index contributed by atoms with van der Waals surface area (Å²) in [5.74, 6) is -1.79. The van der Waals surface area contributed by atoms with Crippen LogP contribution in [0.1, 0.15) is 33.3 Å². The van der Waals surface area contributed by atoms with Gasteiger partial charge in [-0.1, -0.05) is 49.4 Å². The number of aliphatic hydroxyl groups is 1. The van der Waals surface area contributed by atoms with Gasteiger partial charge in [0.05, 0.1) is 22.5 Å². The highest BCUT2D eigenvalue weighted by atomic mass is 32.1. The Morgan fingerprint density at radius 2 is 1.69 bits per heavy atom. The number of carbonyl (C=O) groups is 1. The maximum Gasteiger partial charge on any atom is 0.261 e. The van der Waals surface area contributed by atoms with E-state index in [1.807, 2.05) is 42.5 Å². The molecular formula is C31H29F2N3O2S. The molecule has 0 spiro atoms. The zero-order valence-electron chi connectivity index (χ0n) is 21.5. The predicted octanol–water partition coefficient (Wildman–Crippen LogP) is 5.78. The molecule has 200 valence electrons. The van der Waals surface area contributed by atoms with Crippen molar-refractivity contribution < 1.29 is 18.7 Å². The first-order valence-corrected chi connectivity index (χ1v) is 13.7. The van der Waals surface area contributed by atoms with Crippen LogP contribution in [0.3, 0.4) is 0 Å². The van der Waals surface area contributed by atoms with Crippen molar-refractivity contribution in [2.45, 2.75) is 38.5 Å². The molecule has 0 unspecified atom stereocenters. The van der Waals surface area contributed by atoms with Crippen molar-refractivity contribution in [3.8, 4) is 0 Å². The van der Waals surface area contributed by atoms with Crippen LogP contribution in [0.2, 0.25) is 0 Å². The van der Waals surface area contributed by atoms with E-state index in [4.69, 9.17) is 0 Å². The number of halogens is 2. The topological polar surface area (TPSA) is 74.2 Å². The number of aliphatic hydroxyl groups excluding tert-OH is 1. The minimum Gasteiger partial charge on any atom is -0.390 e. The lowest BCUT2D eigenvalue weighted by Crippen LogP contribution is -2.48. The second kappa shape index (κ2) is 12.0. The predicted molar refractivity (Wildman–Crippen MR) is 152 cm³/mol. The number of pyridine rings is 1. The summed E-state index contributed by atoms with van der Waals surface area (Å²) >= 11 is 1.26. The Morgan fingerprint density at radius 3 is 2.49 bits per heavy atom. The molecular weight excluding hydrogens is 516 g/mol. The fourth-order valence-corrected chi connectivity index (χ4v) is 5.58. The van der Waals surface area contributed by atoms with Crippen molar-refractivity contribution in [3.05, 3.63) is 112 Å². The summed E-state index contributed by atoms with van der Waals surface area (Å²) in [5.41, 5.74) is 3.49. The normalized spacial score (nSPS) is 13.0. The number of hydrogen-bond acceptors (Lipinski definition) is 5. The van der Waals surface area contributed by atoms with E-state index in [-0.39, 0.29) is 18.9 Å². The molecule has 0 radical (unpaired) electrons. The van der Waals surface area contributed by atoms with Gasteiger partial charge in [-0.15, -0.1) is 11.3 Å². The van der Waals surface area contributed by atoms with E-state index in [0.717, 1.165) is 39.2 Å². The summed E-state index contributed by atoms with van der Waals surface area (Å²) in [4.78, 5) is 19.1. The highest BCUT2D eigenvalue weighted by Crippen LogP contribution is 2.27. The largest absolute Gasteiger partial charge is 0.390 e. The summed E-state index contributed by atoms with van der Waals surface area (Å²) in [6.45, 7) is 2.81. The number of thiophene rings is 1. The molecule has 0 saturated carbocycles. The highest BCUT2D eigenvalue weighted by molar-refractivity contribution is 7.20. The van der Waals surface area contributed by atoms with Gasteiger partial charge in [0.15, 0.2) is 0 Å². The number of rotatable bonds is 10. The van der Waals surface area contributed by atoms with Crippen molar-refractivity contribution in [1.82, 2.24) is 15.6 Å². The number of nitrogens with one attached hydrogen (secondary N) is 2. The lowest BCUT2D eigenvalue weighted by Gasteiger charge is -2.25. The molecule has 1 amide bonds. The second-order valence-corrected chi connectivity index (χ2v) is 10.7. The molecule has 39 heavy (non-hydrogen) atoms. The number of aromatic nitrogens is 1. The first kappa shape index (κ1) is 26.9. The monoisotopic (exact) mass is 545 g/mol. The molecule has 5 nitrogen and oxygen atoms in total. The number of benzene rings is 3. The molecule has 0 saturated heterocycles. The summed E-state index contributed by atoms with van der Waals surface area (Å²) in [7, 11) is 0. The van der Waals surface area contributed by atoms with Crippen LogP contribution >= 0.6 is 11.3 Å². The van der Waals surface area contributed by atoms with Gasteiger partial charge in [0, 0.05) is 29.9 Å². The van der Waals surface area contributed by atoms with E-state index in [1.54, 1.807) is 6.07 Å². The molecule has 5 rings (SSSR count). The number of para-hydroxylation sites is 1. The van der Waals surface area contributed by atoms with Crippen molar-refractivity contribution in [3.63, 3.8) is 0 Å². The molecule has 0 fully saturated rings. The maximum absolute atomic E-state index is 13.9. The number of carbonyl (C=O) groups excluding carboxylic acids is 1. The Balaban J connectivity index is 1.33. The standard InChI is InChI=1S/C31H29F2N3O2S/c1-2-19-6-5-7-20(10-19)17-34-18-28(37)27(13-21-11-24(32)16-25(33)12-21)35-30(38)29-15-23-14-22-8-3-4-9-26(22)36-31(23)39-29/h3-12,14-16,27-28,34,37H,2,13,17-18H2,1H3,(H,35,38)/t27-,28+/m1/s1. The fraction of sp³-hybridized carbons (Fsp3) is 0.226. The molecule has 8 heteroatoms. The van der Waals surface area contributed by atoms with Crippen molar-refractivity contribution in [2.24, 2.45) is 0 Å². The van der Waals surface area contributed by atoms with Gasteiger partial charge in [0.1, 0.15) is 16.5 Å². The van der Waals surface area contributed by atoms with E-state index < -0.39 is 23.8 Å². The number of amides is 1. The van der Waals surface area contributed by atoms with Gasteiger partial charge in [-0.05, 0) is 59.9 Å². The lowest BCUT2D eigenvalue weighted by atomic mass is 10.0. The highest BCUT2D eigenvalue weighted by Gasteiger charge is 2.24. The van der Waals surface area contributed by atoms with Crippen LogP contribution in [-0.2, 0) is 19.4 Å². The molecule has 2 aromatic heterocycles. The zero-order chi connectivity index (χ0) is 27.4. The van der Waals surface area contributed by atoms with Crippen LogP contribution in [0.4, 0.5) is 8.78 Å². The molecule has 2 atom stereocenters. The SMILES string of the molecule is CCc1cccc(CNC[C@H](O)[C@@H](Cc2cc(F)cc(F)c2)NC(=O)c2cc3cc4ccccc4nc3s2)c1. The summed E-state index contributed by atoms with van der Waals surface area (Å²) in [6, 6.07) is 22.1. The number of aryl methyl sites for hydroxylation is 1. The third kappa shape index (κ3) is 6.65. The van der Waals surface area contributed by atoms with Crippen LogP contribution in [-0.4, -0.2) is 34.7 Å². The number of nitrogens with zero attached hydrogens (tertiary/aromatic N) is 1. The average Bonchev–Trinajstić information content (AvgIpc) is 3.34. The molecule has 2 heterocycles. The van der Waals surface area contributed by atoms with E-state index >= 15 is 0 Å². The van der Waals surface area contributed by atoms with Gasteiger partial charge < -0.3 is 15.7 Å². The Hall–Kier alpha value is -3.72. The average molecular weight is 546 g/mol. The van der Waals surface area contributed by atoms with E-state index in [0.29, 0.717) is 17.0 Å². The minimum atomic E-state index is -1.01. The Bertz CT molecular complexity index is 1550. The van der Waals surface area contributed by atoms with Crippen LogP contribution in [0, 0.1) is 11.6 Å². The van der Waals surface area contributed by atoms with Gasteiger partial charge in [0.25, 0.3) is 5.91 Å². The van der Waals surface area contributed by atoms with Crippen molar-refractivity contribution in [1.29, 1.82) is 0 Å². The van der Waals surface area contributed by atoms with E-state index in [2.05, 4.69) is 34.7 Å². The van der Waals surface area contributed by atoms with Gasteiger partial charge in [-0.3, -0.25) is 4.79 Å². The van der Waals surface area contributed by atoms with Crippen LogP contribution in [0.15, 0.2) is 78.9 Å². The van der Waals surface area contributed by atoms with Crippen LogP contribution in [0.25, 0.3) is 21.1 Å². The first-order chi connectivity index (χ1) is 18.9. The van der Waals surface area contributed by atoms with E-state index in [9.17, 15) is 18.7 Å². The quantitative estimate of drug-likeness (QED) is 0.208. The molecule has 3 N–H and O–H groups in total. The fourth-order valence-electron chi connectivity index (χ4n) is 4.66. The Kier molecular flexibility index (Phi) is 8.26. The molecule has 0 aliphatic heterocycles. The Morgan fingerprint density at radius 1 is 0.923 bits per heavy atom. The molecule has 5 aromatic rings. The Labute approximate surface area is 229 Å². The summed E-state index contributed by atoms with van der Waals surface area (Å²) in [5, 5.41) is 19.0. The van der Waals surface area contributed by atoms with Crippen LogP contribution in [0.5, 0.6) is 0 Å². The third-order valence-electron chi connectivity index (χ3n) is 6.67. The van der Waals surface area contributed by atoms with Gasteiger partial charge >= 0.3 is 0 Å². The van der Waals surface area contributed by atoms with Crippen molar-refractivity contribution in [2.75, 3.05) is 6.54 Å². The number of hydrogen-bond donors (Lipinski definition) is 3. The van der Waals surface area contributed by atoms with Gasteiger partial charge in [-0.25, -0.2) is 13.8 Å². The van der Waals surface area contributed by atoms with Crippen LogP contribution < -0.4 is 10.6 Å². The third-order valence-corrected chi connectivity index (χ3v) is 7.72. The smallest absolute Gasteiger partial charge is 0.261 e. The maximum atomic E-state index is 13.9. The molecule has 0 bridgehead atoms. The molecule has 0 aliphatic carbocycles.